The summed E-state index contributed by atoms with van der Waals surface area (Å²) in [5.74, 6) is 0.704. The van der Waals surface area contributed by atoms with Gasteiger partial charge in [0.25, 0.3) is 0 Å². The van der Waals surface area contributed by atoms with Gasteiger partial charge in [-0.2, -0.15) is 0 Å². The van der Waals surface area contributed by atoms with E-state index in [1.165, 1.54) is 0 Å². The molecule has 1 saturated heterocycles. The Kier molecular flexibility index (Phi) is 2.98. The first-order valence-corrected chi connectivity index (χ1v) is 6.28. The Bertz CT molecular complexity index is 518. The van der Waals surface area contributed by atoms with Gasteiger partial charge in [-0.1, -0.05) is 18.2 Å². The number of urea groups is 1. The van der Waals surface area contributed by atoms with E-state index in [1.807, 2.05) is 24.3 Å². The Morgan fingerprint density at radius 3 is 3.00 bits per heavy atom. The van der Waals surface area contributed by atoms with Crippen LogP contribution < -0.4 is 20.7 Å². The van der Waals surface area contributed by atoms with Crippen LogP contribution in [0, 0.1) is 0 Å². The first-order valence-electron chi connectivity index (χ1n) is 6.28. The number of carbonyl (C=O) groups is 2. The number of amides is 3. The van der Waals surface area contributed by atoms with Crippen molar-refractivity contribution in [3.8, 4) is 5.75 Å². The first kappa shape index (κ1) is 11.8. The SMILES string of the molecule is O=C1NC[C@H](C(=O)N[C@@H]2COc3ccccc3C2)N1. The zero-order chi connectivity index (χ0) is 13.2. The molecule has 2 aliphatic rings. The summed E-state index contributed by atoms with van der Waals surface area (Å²) in [5.41, 5.74) is 1.09. The summed E-state index contributed by atoms with van der Waals surface area (Å²) in [6.07, 6.45) is 0.746. The molecule has 3 N–H and O–H groups in total. The maximum atomic E-state index is 11.9. The van der Waals surface area contributed by atoms with Gasteiger partial charge in [0, 0.05) is 6.54 Å². The number of fused-ring (bicyclic) bond motifs is 1. The molecular weight excluding hydrogens is 246 g/mol. The molecule has 19 heavy (non-hydrogen) atoms. The van der Waals surface area contributed by atoms with Gasteiger partial charge in [0.2, 0.25) is 5.91 Å². The van der Waals surface area contributed by atoms with Gasteiger partial charge < -0.3 is 20.7 Å². The Morgan fingerprint density at radius 2 is 2.21 bits per heavy atom. The fraction of sp³-hybridized carbons (Fsp3) is 0.385. The van der Waals surface area contributed by atoms with Crippen molar-refractivity contribution in [3.05, 3.63) is 29.8 Å². The number of para-hydroxylation sites is 1. The number of rotatable bonds is 2. The number of carbonyl (C=O) groups excluding carboxylic acids is 2. The van der Waals surface area contributed by atoms with Crippen LogP contribution in [0.3, 0.4) is 0 Å². The molecule has 1 aromatic rings. The van der Waals surface area contributed by atoms with Crippen molar-refractivity contribution in [1.82, 2.24) is 16.0 Å². The monoisotopic (exact) mass is 261 g/mol. The smallest absolute Gasteiger partial charge is 0.315 e. The molecule has 100 valence electrons. The van der Waals surface area contributed by atoms with Gasteiger partial charge >= 0.3 is 6.03 Å². The molecule has 1 aromatic carbocycles. The normalized spacial score (nSPS) is 24.7. The number of hydrogen-bond donors (Lipinski definition) is 3. The van der Waals surface area contributed by atoms with Gasteiger partial charge in [0.1, 0.15) is 18.4 Å². The summed E-state index contributed by atoms with van der Waals surface area (Å²) in [4.78, 5) is 22.9. The van der Waals surface area contributed by atoms with E-state index in [2.05, 4.69) is 16.0 Å². The number of hydrogen-bond acceptors (Lipinski definition) is 3. The van der Waals surface area contributed by atoms with E-state index in [0.29, 0.717) is 13.2 Å². The van der Waals surface area contributed by atoms with Crippen LogP contribution in [0.5, 0.6) is 5.75 Å². The molecule has 2 aliphatic heterocycles. The second kappa shape index (κ2) is 4.79. The highest BCUT2D eigenvalue weighted by atomic mass is 16.5. The molecular formula is C13H15N3O3. The van der Waals surface area contributed by atoms with Crippen LogP contribution in [0.25, 0.3) is 0 Å². The van der Waals surface area contributed by atoms with E-state index in [4.69, 9.17) is 4.74 Å². The van der Waals surface area contributed by atoms with E-state index in [9.17, 15) is 9.59 Å². The Labute approximate surface area is 110 Å². The van der Waals surface area contributed by atoms with Crippen LogP contribution in [-0.4, -0.2) is 37.2 Å². The molecule has 2 heterocycles. The molecule has 1 fully saturated rings. The van der Waals surface area contributed by atoms with Gasteiger partial charge in [0.05, 0.1) is 6.04 Å². The van der Waals surface area contributed by atoms with Gasteiger partial charge in [-0.3, -0.25) is 4.79 Å². The van der Waals surface area contributed by atoms with E-state index in [-0.39, 0.29) is 18.0 Å². The molecule has 0 aliphatic carbocycles. The standard InChI is InChI=1S/C13H15N3O3/c17-12(10-6-14-13(18)16-10)15-9-5-8-3-1-2-4-11(8)19-7-9/h1-4,9-10H,5-7H2,(H,15,17)(H2,14,16,18)/t9-,10+/m0/s1. The van der Waals surface area contributed by atoms with E-state index in [1.54, 1.807) is 0 Å². The minimum atomic E-state index is -0.496. The molecule has 0 saturated carbocycles. The summed E-state index contributed by atoms with van der Waals surface area (Å²) >= 11 is 0. The molecule has 0 radical (unpaired) electrons. The van der Waals surface area contributed by atoms with Gasteiger partial charge in [0.15, 0.2) is 0 Å². The minimum Gasteiger partial charge on any atom is -0.491 e. The van der Waals surface area contributed by atoms with Crippen molar-refractivity contribution in [1.29, 1.82) is 0 Å². The highest BCUT2D eigenvalue weighted by Gasteiger charge is 2.29. The lowest BCUT2D eigenvalue weighted by atomic mass is 10.0. The topological polar surface area (TPSA) is 79.5 Å². The molecule has 3 rings (SSSR count). The van der Waals surface area contributed by atoms with Crippen LogP contribution in [0.1, 0.15) is 5.56 Å². The lowest BCUT2D eigenvalue weighted by Gasteiger charge is -2.26. The Balaban J connectivity index is 1.60. The minimum absolute atomic E-state index is 0.0556. The Hall–Kier alpha value is -2.24. The van der Waals surface area contributed by atoms with Crippen LogP contribution in [-0.2, 0) is 11.2 Å². The average Bonchev–Trinajstić information content (AvgIpc) is 2.85. The highest BCUT2D eigenvalue weighted by Crippen LogP contribution is 2.23. The summed E-state index contributed by atoms with van der Waals surface area (Å²) in [5, 5.41) is 8.02. The summed E-state index contributed by atoms with van der Waals surface area (Å²) in [6.45, 7) is 0.783. The largest absolute Gasteiger partial charge is 0.491 e. The van der Waals surface area contributed by atoms with Crippen molar-refractivity contribution in [2.75, 3.05) is 13.2 Å². The van der Waals surface area contributed by atoms with Gasteiger partial charge in [-0.05, 0) is 18.1 Å². The van der Waals surface area contributed by atoms with Crippen LogP contribution >= 0.6 is 0 Å². The van der Waals surface area contributed by atoms with Crippen molar-refractivity contribution in [2.45, 2.75) is 18.5 Å². The maximum Gasteiger partial charge on any atom is 0.315 e. The predicted molar refractivity (Wildman–Crippen MR) is 67.9 cm³/mol. The quantitative estimate of drug-likeness (QED) is 0.689. The van der Waals surface area contributed by atoms with Crippen molar-refractivity contribution in [3.63, 3.8) is 0 Å². The number of benzene rings is 1. The number of nitrogens with one attached hydrogen (secondary N) is 3. The van der Waals surface area contributed by atoms with Gasteiger partial charge in [-0.25, -0.2) is 4.79 Å². The maximum absolute atomic E-state index is 11.9. The molecule has 2 atom stereocenters. The summed E-state index contributed by atoms with van der Waals surface area (Å²) in [7, 11) is 0. The predicted octanol–water partition coefficient (Wildman–Crippen LogP) is -0.212. The zero-order valence-corrected chi connectivity index (χ0v) is 10.3. The van der Waals surface area contributed by atoms with Crippen LogP contribution in [0.2, 0.25) is 0 Å². The average molecular weight is 261 g/mol. The third kappa shape index (κ3) is 2.47. The second-order valence-corrected chi connectivity index (χ2v) is 4.74. The van der Waals surface area contributed by atoms with Crippen LogP contribution in [0.15, 0.2) is 24.3 Å². The highest BCUT2D eigenvalue weighted by molar-refractivity contribution is 5.90. The lowest BCUT2D eigenvalue weighted by Crippen LogP contribution is -2.50. The molecule has 0 aromatic heterocycles. The summed E-state index contributed by atoms with van der Waals surface area (Å²) < 4.78 is 5.60. The third-order valence-corrected chi connectivity index (χ3v) is 3.31. The van der Waals surface area contributed by atoms with Crippen molar-refractivity contribution in [2.24, 2.45) is 0 Å². The zero-order valence-electron chi connectivity index (χ0n) is 10.3. The fourth-order valence-corrected chi connectivity index (χ4v) is 2.34. The summed E-state index contributed by atoms with van der Waals surface area (Å²) in [6, 6.07) is 6.95. The molecule has 0 bridgehead atoms. The molecule has 6 nitrogen and oxygen atoms in total. The fourth-order valence-electron chi connectivity index (χ4n) is 2.34. The molecule has 0 unspecified atom stereocenters. The van der Waals surface area contributed by atoms with Crippen molar-refractivity contribution >= 4 is 11.9 Å². The number of ether oxygens (including phenoxy) is 1. The molecule has 3 amide bonds. The van der Waals surface area contributed by atoms with E-state index in [0.717, 1.165) is 17.7 Å². The second-order valence-electron chi connectivity index (χ2n) is 4.74. The lowest BCUT2D eigenvalue weighted by molar-refractivity contribution is -0.123. The van der Waals surface area contributed by atoms with Crippen molar-refractivity contribution < 1.29 is 14.3 Å². The van der Waals surface area contributed by atoms with E-state index < -0.39 is 6.04 Å². The Morgan fingerprint density at radius 1 is 1.37 bits per heavy atom. The molecule has 0 spiro atoms. The third-order valence-electron chi connectivity index (χ3n) is 3.31. The first-order chi connectivity index (χ1) is 9.22. The van der Waals surface area contributed by atoms with Crippen LogP contribution in [0.4, 0.5) is 4.79 Å². The van der Waals surface area contributed by atoms with Gasteiger partial charge in [-0.15, -0.1) is 0 Å². The van der Waals surface area contributed by atoms with E-state index >= 15 is 0 Å². The molecule has 6 heteroatoms.